The normalized spacial score (nSPS) is 11.9. The molecule has 0 spiro atoms. The Hall–Kier alpha value is -2.00. The van der Waals surface area contributed by atoms with Crippen LogP contribution < -0.4 is 9.47 Å². The fourth-order valence-electron chi connectivity index (χ4n) is 1.86. The molecule has 0 radical (unpaired) electrons. The van der Waals surface area contributed by atoms with Gasteiger partial charge in [0.15, 0.2) is 0 Å². The van der Waals surface area contributed by atoms with Crippen LogP contribution in [0.25, 0.3) is 0 Å². The quantitative estimate of drug-likeness (QED) is 0.898. The van der Waals surface area contributed by atoms with E-state index in [2.05, 4.69) is 0 Å². The summed E-state index contributed by atoms with van der Waals surface area (Å²) >= 11 is 0. The van der Waals surface area contributed by atoms with Gasteiger partial charge in [-0.1, -0.05) is 30.3 Å². The molecule has 1 N–H and O–H groups in total. The maximum atomic E-state index is 10.3. The minimum atomic E-state index is -0.702. The Bertz CT molecular complexity index is 508. The van der Waals surface area contributed by atoms with E-state index in [1.807, 2.05) is 42.5 Å². The first kappa shape index (κ1) is 12.5. The summed E-state index contributed by atoms with van der Waals surface area (Å²) in [7, 11) is 3.18. The third kappa shape index (κ3) is 2.46. The van der Waals surface area contributed by atoms with Crippen LogP contribution in [0.5, 0.6) is 11.5 Å². The van der Waals surface area contributed by atoms with E-state index in [0.717, 1.165) is 11.1 Å². The molecule has 2 rings (SSSR count). The zero-order valence-corrected chi connectivity index (χ0v) is 10.5. The van der Waals surface area contributed by atoms with Gasteiger partial charge in [0.2, 0.25) is 0 Å². The van der Waals surface area contributed by atoms with E-state index in [0.29, 0.717) is 11.5 Å². The highest BCUT2D eigenvalue weighted by molar-refractivity contribution is 5.45. The molecule has 18 heavy (non-hydrogen) atoms. The van der Waals surface area contributed by atoms with Crippen molar-refractivity contribution in [3.05, 3.63) is 59.7 Å². The van der Waals surface area contributed by atoms with Gasteiger partial charge in [-0.25, -0.2) is 0 Å². The minimum absolute atomic E-state index is 0.616. The molecule has 0 aliphatic carbocycles. The molecule has 2 aromatic rings. The molecule has 0 saturated carbocycles. The Morgan fingerprint density at radius 1 is 0.944 bits per heavy atom. The first-order valence-corrected chi connectivity index (χ1v) is 5.71. The highest BCUT2D eigenvalue weighted by Gasteiger charge is 2.15. The van der Waals surface area contributed by atoms with Crippen molar-refractivity contribution in [3.8, 4) is 11.5 Å². The van der Waals surface area contributed by atoms with Crippen LogP contribution in [0.3, 0.4) is 0 Å². The summed E-state index contributed by atoms with van der Waals surface area (Å²) in [6.07, 6.45) is -0.702. The van der Waals surface area contributed by atoms with Crippen LogP contribution in [0.1, 0.15) is 17.2 Å². The van der Waals surface area contributed by atoms with Gasteiger partial charge >= 0.3 is 0 Å². The number of benzene rings is 2. The Balaban J connectivity index is 2.38. The van der Waals surface area contributed by atoms with E-state index < -0.39 is 6.10 Å². The summed E-state index contributed by atoms with van der Waals surface area (Å²) in [5, 5.41) is 10.3. The SMILES string of the molecule is COc1ccc([C@@H](O)c2ccccc2)c(OC)c1. The zero-order chi connectivity index (χ0) is 13.0. The predicted octanol–water partition coefficient (Wildman–Crippen LogP) is 2.79. The van der Waals surface area contributed by atoms with Crippen LogP contribution in [0.15, 0.2) is 48.5 Å². The van der Waals surface area contributed by atoms with Gasteiger partial charge in [-0.3, -0.25) is 0 Å². The molecule has 0 unspecified atom stereocenters. The number of methoxy groups -OCH3 is 2. The summed E-state index contributed by atoms with van der Waals surface area (Å²) in [4.78, 5) is 0. The van der Waals surface area contributed by atoms with E-state index >= 15 is 0 Å². The second-order valence-corrected chi connectivity index (χ2v) is 3.92. The highest BCUT2D eigenvalue weighted by Crippen LogP contribution is 2.32. The molecule has 94 valence electrons. The van der Waals surface area contributed by atoms with Crippen LogP contribution in [-0.4, -0.2) is 19.3 Å². The second kappa shape index (κ2) is 5.56. The molecule has 0 aromatic heterocycles. The third-order valence-corrected chi connectivity index (χ3v) is 2.85. The summed E-state index contributed by atoms with van der Waals surface area (Å²) in [6.45, 7) is 0. The topological polar surface area (TPSA) is 38.7 Å². The lowest BCUT2D eigenvalue weighted by atomic mass is 10.0. The second-order valence-electron chi connectivity index (χ2n) is 3.92. The highest BCUT2D eigenvalue weighted by atomic mass is 16.5. The smallest absolute Gasteiger partial charge is 0.128 e. The number of hydrogen-bond donors (Lipinski definition) is 1. The van der Waals surface area contributed by atoms with Gasteiger partial charge in [-0.15, -0.1) is 0 Å². The van der Waals surface area contributed by atoms with Crippen molar-refractivity contribution in [2.24, 2.45) is 0 Å². The molecule has 0 aliphatic heterocycles. The minimum Gasteiger partial charge on any atom is -0.497 e. The number of aliphatic hydroxyl groups excluding tert-OH is 1. The summed E-state index contributed by atoms with van der Waals surface area (Å²) < 4.78 is 10.4. The molecular weight excluding hydrogens is 228 g/mol. The van der Waals surface area contributed by atoms with Crippen molar-refractivity contribution < 1.29 is 14.6 Å². The van der Waals surface area contributed by atoms with Crippen LogP contribution in [0, 0.1) is 0 Å². The molecule has 1 atom stereocenters. The number of hydrogen-bond acceptors (Lipinski definition) is 3. The number of rotatable bonds is 4. The van der Waals surface area contributed by atoms with Crippen LogP contribution in [-0.2, 0) is 0 Å². The van der Waals surface area contributed by atoms with E-state index in [1.54, 1.807) is 20.3 Å². The monoisotopic (exact) mass is 244 g/mol. The van der Waals surface area contributed by atoms with Crippen molar-refractivity contribution in [3.63, 3.8) is 0 Å². The van der Waals surface area contributed by atoms with Gasteiger partial charge in [0.25, 0.3) is 0 Å². The molecule has 0 aliphatic rings. The van der Waals surface area contributed by atoms with Gasteiger partial charge in [-0.05, 0) is 17.7 Å². The molecule has 0 amide bonds. The summed E-state index contributed by atoms with van der Waals surface area (Å²) in [5.41, 5.74) is 1.56. The zero-order valence-electron chi connectivity index (χ0n) is 10.5. The van der Waals surface area contributed by atoms with Crippen molar-refractivity contribution in [1.29, 1.82) is 0 Å². The fourth-order valence-corrected chi connectivity index (χ4v) is 1.86. The molecule has 0 saturated heterocycles. The lowest BCUT2D eigenvalue weighted by Gasteiger charge is -2.16. The van der Waals surface area contributed by atoms with Gasteiger partial charge in [-0.2, -0.15) is 0 Å². The van der Waals surface area contributed by atoms with Crippen molar-refractivity contribution in [2.75, 3.05) is 14.2 Å². The lowest BCUT2D eigenvalue weighted by Crippen LogP contribution is -2.02. The van der Waals surface area contributed by atoms with Gasteiger partial charge in [0.1, 0.15) is 17.6 Å². The summed E-state index contributed by atoms with van der Waals surface area (Å²) in [5.74, 6) is 1.32. The first-order valence-electron chi connectivity index (χ1n) is 5.71. The Morgan fingerprint density at radius 2 is 1.67 bits per heavy atom. The fraction of sp³-hybridized carbons (Fsp3) is 0.200. The molecule has 2 aromatic carbocycles. The molecule has 3 nitrogen and oxygen atoms in total. The first-order chi connectivity index (χ1) is 8.76. The van der Waals surface area contributed by atoms with Crippen molar-refractivity contribution in [1.82, 2.24) is 0 Å². The lowest BCUT2D eigenvalue weighted by molar-refractivity contribution is 0.214. The predicted molar refractivity (Wildman–Crippen MR) is 70.0 cm³/mol. The third-order valence-electron chi connectivity index (χ3n) is 2.85. The van der Waals surface area contributed by atoms with E-state index in [4.69, 9.17) is 9.47 Å². The Kier molecular flexibility index (Phi) is 3.85. The van der Waals surface area contributed by atoms with E-state index in [9.17, 15) is 5.11 Å². The summed E-state index contributed by atoms with van der Waals surface area (Å²) in [6, 6.07) is 14.9. The van der Waals surface area contributed by atoms with Gasteiger partial charge in [0.05, 0.1) is 14.2 Å². The maximum Gasteiger partial charge on any atom is 0.128 e. The van der Waals surface area contributed by atoms with Crippen molar-refractivity contribution in [2.45, 2.75) is 6.10 Å². The average Bonchev–Trinajstić information content (AvgIpc) is 2.46. The molecule has 0 bridgehead atoms. The standard InChI is InChI=1S/C15H16O3/c1-17-12-8-9-13(14(10-12)18-2)15(16)11-6-4-3-5-7-11/h3-10,15-16H,1-2H3/t15-/m0/s1. The molecular formula is C15H16O3. The number of aliphatic hydroxyl groups is 1. The molecule has 0 heterocycles. The Morgan fingerprint density at radius 3 is 2.28 bits per heavy atom. The van der Waals surface area contributed by atoms with E-state index in [-0.39, 0.29) is 0 Å². The van der Waals surface area contributed by atoms with Gasteiger partial charge in [0, 0.05) is 11.6 Å². The van der Waals surface area contributed by atoms with Gasteiger partial charge < -0.3 is 14.6 Å². The van der Waals surface area contributed by atoms with Crippen molar-refractivity contribution >= 4 is 0 Å². The Labute approximate surface area is 107 Å². The largest absolute Gasteiger partial charge is 0.497 e. The average molecular weight is 244 g/mol. The number of ether oxygens (including phenoxy) is 2. The van der Waals surface area contributed by atoms with E-state index in [1.165, 1.54) is 0 Å². The van der Waals surface area contributed by atoms with Crippen LogP contribution in [0.4, 0.5) is 0 Å². The van der Waals surface area contributed by atoms with Crippen LogP contribution in [0.2, 0.25) is 0 Å². The van der Waals surface area contributed by atoms with Crippen LogP contribution >= 0.6 is 0 Å². The molecule has 3 heteroatoms. The maximum absolute atomic E-state index is 10.3. The molecule has 0 fully saturated rings.